The molecule has 0 unspecified atom stereocenters. The van der Waals surface area contributed by atoms with Crippen LogP contribution in [0.3, 0.4) is 0 Å². The van der Waals surface area contributed by atoms with Gasteiger partial charge in [0.15, 0.2) is 0 Å². The van der Waals surface area contributed by atoms with Crippen LogP contribution in [0.4, 0.5) is 11.5 Å². The van der Waals surface area contributed by atoms with Crippen LogP contribution < -0.4 is 11.0 Å². The Bertz CT molecular complexity index is 1400. The van der Waals surface area contributed by atoms with Gasteiger partial charge in [0.2, 0.25) is 0 Å². The van der Waals surface area contributed by atoms with Gasteiger partial charge in [0, 0.05) is 22.7 Å². The molecule has 0 fully saturated rings. The molecule has 2 N–H and O–H groups in total. The lowest BCUT2D eigenvalue weighted by molar-refractivity contribution is 0.184. The summed E-state index contributed by atoms with van der Waals surface area (Å²) in [6, 6.07) is 25.0. The van der Waals surface area contributed by atoms with Crippen LogP contribution in [0.15, 0.2) is 89.9 Å². The number of para-hydroxylation sites is 2. The topological polar surface area (TPSA) is 80.0 Å². The molecule has 0 spiro atoms. The lowest BCUT2D eigenvalue weighted by Crippen LogP contribution is -2.22. The number of aromatic nitrogens is 3. The smallest absolute Gasteiger partial charge is 0.382 e. The quantitative estimate of drug-likeness (QED) is 0.448. The van der Waals surface area contributed by atoms with E-state index in [0.717, 1.165) is 27.7 Å². The summed E-state index contributed by atoms with van der Waals surface area (Å²) < 4.78 is 0.554. The zero-order valence-electron chi connectivity index (χ0n) is 15.3. The summed E-state index contributed by atoms with van der Waals surface area (Å²) in [6.07, 6.45) is 1.81. The fourth-order valence-electron chi connectivity index (χ4n) is 3.48. The maximum absolute atomic E-state index is 12.0. The van der Waals surface area contributed by atoms with Crippen molar-refractivity contribution in [2.24, 2.45) is 0 Å². The molecule has 2 aromatic heterocycles. The number of fused-ring (bicyclic) bond motifs is 2. The van der Waals surface area contributed by atoms with Crippen LogP contribution in [-0.2, 0) is 0 Å². The lowest BCUT2D eigenvalue weighted by atomic mass is 10.0. The summed E-state index contributed by atoms with van der Waals surface area (Å²) in [4.78, 5) is 20.3. The van der Waals surface area contributed by atoms with Crippen molar-refractivity contribution in [3.8, 4) is 11.1 Å². The van der Waals surface area contributed by atoms with Gasteiger partial charge in [-0.3, -0.25) is 4.98 Å². The van der Waals surface area contributed by atoms with Gasteiger partial charge in [0.1, 0.15) is 5.82 Å². The molecule has 0 amide bonds. The Morgan fingerprint density at radius 2 is 1.55 bits per heavy atom. The second kappa shape index (κ2) is 6.76. The van der Waals surface area contributed by atoms with Crippen molar-refractivity contribution in [2.75, 3.05) is 5.32 Å². The maximum Gasteiger partial charge on any atom is 0.382 e. The van der Waals surface area contributed by atoms with Crippen molar-refractivity contribution in [3.05, 3.63) is 95.5 Å². The van der Waals surface area contributed by atoms with Gasteiger partial charge in [0.05, 0.1) is 11.0 Å². The zero-order chi connectivity index (χ0) is 19.8. The van der Waals surface area contributed by atoms with Gasteiger partial charge in [-0.05, 0) is 47.5 Å². The average molecular weight is 380 g/mol. The first-order valence-electron chi connectivity index (χ1n) is 9.13. The van der Waals surface area contributed by atoms with E-state index < -0.39 is 5.69 Å². The number of hydrogen-bond donors (Lipinski definition) is 2. The highest BCUT2D eigenvalue weighted by Crippen LogP contribution is 2.29. The third kappa shape index (κ3) is 2.96. The standard InChI is InChI=1S/C23H16N4O2/c28-23-26-22(19-6-2-4-8-21(19)27(23)29)25-16-11-9-15(10-12-16)17-13-14-24-20-7-3-1-5-18(17)20/h1-14,29H,(H,25,26,28). The number of hydrogen-bond acceptors (Lipinski definition) is 5. The van der Waals surface area contributed by atoms with E-state index in [4.69, 9.17) is 0 Å². The van der Waals surface area contributed by atoms with Gasteiger partial charge in [-0.25, -0.2) is 4.79 Å². The predicted molar refractivity (Wildman–Crippen MR) is 114 cm³/mol. The van der Waals surface area contributed by atoms with Crippen LogP contribution in [0.25, 0.3) is 32.9 Å². The fraction of sp³-hybridized carbons (Fsp3) is 0. The van der Waals surface area contributed by atoms with Gasteiger partial charge in [-0.15, -0.1) is 4.73 Å². The highest BCUT2D eigenvalue weighted by Gasteiger charge is 2.10. The van der Waals surface area contributed by atoms with Gasteiger partial charge in [-0.1, -0.05) is 42.5 Å². The van der Waals surface area contributed by atoms with Crippen molar-refractivity contribution in [1.29, 1.82) is 0 Å². The number of benzene rings is 3. The molecule has 3 aromatic carbocycles. The lowest BCUT2D eigenvalue weighted by Gasteiger charge is -2.11. The summed E-state index contributed by atoms with van der Waals surface area (Å²) in [7, 11) is 0. The van der Waals surface area contributed by atoms with Gasteiger partial charge in [-0.2, -0.15) is 4.98 Å². The normalized spacial score (nSPS) is 11.0. The molecule has 0 saturated heterocycles. The van der Waals surface area contributed by atoms with Crippen molar-refractivity contribution in [2.45, 2.75) is 0 Å². The Morgan fingerprint density at radius 1 is 0.828 bits per heavy atom. The predicted octanol–water partition coefficient (Wildman–Crippen LogP) is 4.59. The van der Waals surface area contributed by atoms with Crippen LogP contribution in [0.5, 0.6) is 0 Å². The monoisotopic (exact) mass is 380 g/mol. The Hall–Kier alpha value is -4.19. The number of pyridine rings is 1. The Kier molecular flexibility index (Phi) is 3.95. The van der Waals surface area contributed by atoms with E-state index >= 15 is 0 Å². The van der Waals surface area contributed by atoms with Crippen molar-refractivity contribution >= 4 is 33.3 Å². The Labute approximate surface area is 165 Å². The van der Waals surface area contributed by atoms with E-state index in [0.29, 0.717) is 21.5 Å². The first-order valence-corrected chi connectivity index (χ1v) is 9.13. The van der Waals surface area contributed by atoms with Crippen LogP contribution >= 0.6 is 0 Å². The van der Waals surface area contributed by atoms with E-state index in [2.05, 4.69) is 21.4 Å². The van der Waals surface area contributed by atoms with E-state index in [9.17, 15) is 10.0 Å². The minimum Gasteiger partial charge on any atom is -0.424 e. The number of anilines is 2. The SMILES string of the molecule is O=c1nc(Nc2ccc(-c3ccnc4ccccc34)cc2)c2ccccc2n1O. The van der Waals surface area contributed by atoms with E-state index in [1.807, 2.05) is 60.8 Å². The van der Waals surface area contributed by atoms with Gasteiger partial charge < -0.3 is 10.5 Å². The molecule has 6 heteroatoms. The van der Waals surface area contributed by atoms with Crippen LogP contribution in [-0.4, -0.2) is 19.9 Å². The second-order valence-electron chi connectivity index (χ2n) is 6.65. The van der Waals surface area contributed by atoms with Crippen molar-refractivity contribution in [3.63, 3.8) is 0 Å². The van der Waals surface area contributed by atoms with Crippen LogP contribution in [0.2, 0.25) is 0 Å². The van der Waals surface area contributed by atoms with Crippen molar-refractivity contribution in [1.82, 2.24) is 14.7 Å². The second-order valence-corrected chi connectivity index (χ2v) is 6.65. The third-order valence-corrected chi connectivity index (χ3v) is 4.88. The van der Waals surface area contributed by atoms with E-state index in [1.54, 1.807) is 18.2 Å². The van der Waals surface area contributed by atoms with Crippen molar-refractivity contribution < 1.29 is 5.21 Å². The molecule has 6 nitrogen and oxygen atoms in total. The highest BCUT2D eigenvalue weighted by molar-refractivity contribution is 5.95. The Balaban J connectivity index is 1.53. The first kappa shape index (κ1) is 16.9. The zero-order valence-corrected chi connectivity index (χ0v) is 15.3. The molecular formula is C23H16N4O2. The van der Waals surface area contributed by atoms with Crippen LogP contribution in [0, 0.1) is 0 Å². The van der Waals surface area contributed by atoms with Gasteiger partial charge >= 0.3 is 5.69 Å². The Morgan fingerprint density at radius 3 is 2.38 bits per heavy atom. The highest BCUT2D eigenvalue weighted by atomic mass is 16.5. The molecule has 0 aliphatic heterocycles. The summed E-state index contributed by atoms with van der Waals surface area (Å²) >= 11 is 0. The summed E-state index contributed by atoms with van der Waals surface area (Å²) in [6.45, 7) is 0. The first-order chi connectivity index (χ1) is 14.2. The molecular weight excluding hydrogens is 364 g/mol. The molecule has 140 valence electrons. The van der Waals surface area contributed by atoms with Crippen LogP contribution in [0.1, 0.15) is 0 Å². The minimum atomic E-state index is -0.730. The summed E-state index contributed by atoms with van der Waals surface area (Å²) in [5.41, 5.74) is 3.58. The number of nitrogens with one attached hydrogen (secondary N) is 1. The molecule has 0 saturated carbocycles. The molecule has 5 aromatic rings. The van der Waals surface area contributed by atoms with E-state index in [-0.39, 0.29) is 0 Å². The van der Waals surface area contributed by atoms with E-state index in [1.165, 1.54) is 0 Å². The maximum atomic E-state index is 12.0. The molecule has 29 heavy (non-hydrogen) atoms. The number of nitrogens with zero attached hydrogens (tertiary/aromatic N) is 3. The summed E-state index contributed by atoms with van der Waals surface area (Å²) in [5, 5.41) is 14.8. The molecule has 0 bridgehead atoms. The largest absolute Gasteiger partial charge is 0.424 e. The molecule has 2 heterocycles. The molecule has 0 aliphatic rings. The minimum absolute atomic E-state index is 0.398. The molecule has 0 radical (unpaired) electrons. The molecule has 5 rings (SSSR count). The summed E-state index contributed by atoms with van der Waals surface area (Å²) in [5.74, 6) is 0.401. The molecule has 0 atom stereocenters. The fourth-order valence-corrected chi connectivity index (χ4v) is 3.48. The van der Waals surface area contributed by atoms with Gasteiger partial charge in [0.25, 0.3) is 0 Å². The number of rotatable bonds is 3. The third-order valence-electron chi connectivity index (χ3n) is 4.88. The average Bonchev–Trinajstić information content (AvgIpc) is 2.77. The molecule has 0 aliphatic carbocycles.